The van der Waals surface area contributed by atoms with E-state index in [2.05, 4.69) is 28.5 Å². The van der Waals surface area contributed by atoms with Gasteiger partial charge >= 0.3 is 0 Å². The van der Waals surface area contributed by atoms with Crippen molar-refractivity contribution in [3.8, 4) is 5.75 Å². The molecule has 98 valence electrons. The zero-order valence-electron chi connectivity index (χ0n) is 11.1. The number of methoxy groups -OCH3 is 1. The summed E-state index contributed by atoms with van der Waals surface area (Å²) in [5, 5.41) is 3.37. The van der Waals surface area contributed by atoms with E-state index in [4.69, 9.17) is 4.74 Å². The molecule has 1 aliphatic carbocycles. The minimum Gasteiger partial charge on any atom is -0.497 e. The molecule has 1 fully saturated rings. The fraction of sp³-hybridized carbons (Fsp3) is 0.312. The molecule has 1 aliphatic rings. The molecular weight excluding hydrogens is 236 g/mol. The molecule has 1 aromatic carbocycles. The van der Waals surface area contributed by atoms with E-state index in [1.54, 1.807) is 13.3 Å². The van der Waals surface area contributed by atoms with Crippen LogP contribution in [0.1, 0.15) is 29.9 Å². The number of anilines is 1. The topological polar surface area (TPSA) is 34.1 Å². The summed E-state index contributed by atoms with van der Waals surface area (Å²) in [5.74, 6) is 2.57. The fourth-order valence-corrected chi connectivity index (χ4v) is 2.31. The molecule has 0 atom stereocenters. The third-order valence-electron chi connectivity index (χ3n) is 3.49. The molecule has 3 nitrogen and oxygen atoms in total. The van der Waals surface area contributed by atoms with Gasteiger partial charge in [-0.3, -0.25) is 0 Å². The highest BCUT2D eigenvalue weighted by Gasteiger charge is 2.25. The first kappa shape index (κ1) is 12.0. The molecule has 3 heteroatoms. The SMILES string of the molecule is COc1ccc(C2CC2)c(CNc2ccccn2)c1. The number of aromatic nitrogens is 1. The third kappa shape index (κ3) is 2.87. The van der Waals surface area contributed by atoms with Gasteiger partial charge in [-0.2, -0.15) is 0 Å². The lowest BCUT2D eigenvalue weighted by Gasteiger charge is -2.12. The molecule has 1 heterocycles. The Morgan fingerprint density at radius 1 is 1.26 bits per heavy atom. The van der Waals surface area contributed by atoms with Crippen molar-refractivity contribution in [2.24, 2.45) is 0 Å². The van der Waals surface area contributed by atoms with Crippen molar-refractivity contribution >= 4 is 5.82 Å². The lowest BCUT2D eigenvalue weighted by Crippen LogP contribution is -2.04. The summed E-state index contributed by atoms with van der Waals surface area (Å²) < 4.78 is 5.32. The summed E-state index contributed by atoms with van der Waals surface area (Å²) in [4.78, 5) is 4.28. The Morgan fingerprint density at radius 3 is 2.84 bits per heavy atom. The summed E-state index contributed by atoms with van der Waals surface area (Å²) in [7, 11) is 1.71. The molecule has 2 aromatic rings. The first-order chi connectivity index (χ1) is 9.36. The first-order valence-electron chi connectivity index (χ1n) is 6.68. The Bertz CT molecular complexity index is 550. The minimum absolute atomic E-state index is 0.742. The fourth-order valence-electron chi connectivity index (χ4n) is 2.31. The van der Waals surface area contributed by atoms with Crippen LogP contribution in [0.15, 0.2) is 42.6 Å². The number of pyridine rings is 1. The maximum absolute atomic E-state index is 5.32. The zero-order valence-corrected chi connectivity index (χ0v) is 11.1. The largest absolute Gasteiger partial charge is 0.497 e. The molecule has 0 aliphatic heterocycles. The van der Waals surface area contributed by atoms with Crippen LogP contribution in [-0.4, -0.2) is 12.1 Å². The van der Waals surface area contributed by atoms with Crippen LogP contribution in [0.25, 0.3) is 0 Å². The molecule has 3 rings (SSSR count). The van der Waals surface area contributed by atoms with Gasteiger partial charge in [0.15, 0.2) is 0 Å². The van der Waals surface area contributed by atoms with Gasteiger partial charge in [0.25, 0.3) is 0 Å². The van der Waals surface area contributed by atoms with Crippen LogP contribution in [0.2, 0.25) is 0 Å². The second-order valence-corrected chi connectivity index (χ2v) is 4.91. The molecule has 0 spiro atoms. The second kappa shape index (κ2) is 5.31. The number of hydrogen-bond donors (Lipinski definition) is 1. The van der Waals surface area contributed by atoms with Crippen LogP contribution >= 0.6 is 0 Å². The van der Waals surface area contributed by atoms with Crippen LogP contribution in [0.3, 0.4) is 0 Å². The maximum atomic E-state index is 5.32. The monoisotopic (exact) mass is 254 g/mol. The van der Waals surface area contributed by atoms with Gasteiger partial charge in [-0.1, -0.05) is 12.1 Å². The van der Waals surface area contributed by atoms with E-state index in [0.29, 0.717) is 0 Å². The van der Waals surface area contributed by atoms with Gasteiger partial charge in [0.05, 0.1) is 7.11 Å². The molecule has 19 heavy (non-hydrogen) atoms. The van der Waals surface area contributed by atoms with E-state index in [0.717, 1.165) is 24.0 Å². The standard InChI is InChI=1S/C16H18N2O/c1-19-14-7-8-15(12-5-6-12)13(10-14)11-18-16-4-2-3-9-17-16/h2-4,7-10,12H,5-6,11H2,1H3,(H,17,18). The average Bonchev–Trinajstić information content (AvgIpc) is 3.30. The van der Waals surface area contributed by atoms with E-state index in [1.165, 1.54) is 24.0 Å². The molecule has 0 unspecified atom stereocenters. The van der Waals surface area contributed by atoms with Gasteiger partial charge in [-0.25, -0.2) is 4.98 Å². The zero-order chi connectivity index (χ0) is 13.1. The Labute approximate surface area is 113 Å². The van der Waals surface area contributed by atoms with Crippen LogP contribution in [0.4, 0.5) is 5.82 Å². The van der Waals surface area contributed by atoms with Crippen molar-refractivity contribution in [1.82, 2.24) is 4.98 Å². The van der Waals surface area contributed by atoms with E-state index in [9.17, 15) is 0 Å². The molecule has 1 saturated carbocycles. The average molecular weight is 254 g/mol. The molecule has 0 radical (unpaired) electrons. The lowest BCUT2D eigenvalue weighted by atomic mass is 10.0. The number of hydrogen-bond acceptors (Lipinski definition) is 3. The lowest BCUT2D eigenvalue weighted by molar-refractivity contribution is 0.414. The van der Waals surface area contributed by atoms with Crippen molar-refractivity contribution in [3.63, 3.8) is 0 Å². The maximum Gasteiger partial charge on any atom is 0.126 e. The third-order valence-corrected chi connectivity index (χ3v) is 3.49. The smallest absolute Gasteiger partial charge is 0.126 e. The predicted molar refractivity (Wildman–Crippen MR) is 76.5 cm³/mol. The molecule has 0 bridgehead atoms. The van der Waals surface area contributed by atoms with Gasteiger partial charge in [0.1, 0.15) is 11.6 Å². The Morgan fingerprint density at radius 2 is 2.16 bits per heavy atom. The van der Waals surface area contributed by atoms with Crippen molar-refractivity contribution in [2.45, 2.75) is 25.3 Å². The number of nitrogens with one attached hydrogen (secondary N) is 1. The highest BCUT2D eigenvalue weighted by atomic mass is 16.5. The Hall–Kier alpha value is -2.03. The quantitative estimate of drug-likeness (QED) is 0.885. The van der Waals surface area contributed by atoms with Gasteiger partial charge in [0.2, 0.25) is 0 Å². The van der Waals surface area contributed by atoms with Crippen LogP contribution in [-0.2, 0) is 6.54 Å². The second-order valence-electron chi connectivity index (χ2n) is 4.91. The summed E-state index contributed by atoms with van der Waals surface area (Å²) in [6, 6.07) is 12.3. The molecule has 1 N–H and O–H groups in total. The van der Waals surface area contributed by atoms with Gasteiger partial charge in [0, 0.05) is 12.7 Å². The normalized spacial score (nSPS) is 14.2. The van der Waals surface area contributed by atoms with E-state index in [-0.39, 0.29) is 0 Å². The van der Waals surface area contributed by atoms with Gasteiger partial charge in [-0.05, 0) is 54.2 Å². The highest BCUT2D eigenvalue weighted by Crippen LogP contribution is 2.42. The number of benzene rings is 1. The van der Waals surface area contributed by atoms with E-state index in [1.807, 2.05) is 18.2 Å². The number of ether oxygens (including phenoxy) is 1. The summed E-state index contributed by atoms with van der Waals surface area (Å²) in [6.45, 7) is 0.792. The van der Waals surface area contributed by atoms with Crippen molar-refractivity contribution < 1.29 is 4.74 Å². The predicted octanol–water partition coefficient (Wildman–Crippen LogP) is 3.58. The highest BCUT2D eigenvalue weighted by molar-refractivity contribution is 5.42. The van der Waals surface area contributed by atoms with Crippen LogP contribution in [0.5, 0.6) is 5.75 Å². The first-order valence-corrected chi connectivity index (χ1v) is 6.68. The van der Waals surface area contributed by atoms with Crippen LogP contribution < -0.4 is 10.1 Å². The van der Waals surface area contributed by atoms with Gasteiger partial charge in [-0.15, -0.1) is 0 Å². The molecular formula is C16H18N2O. The Kier molecular flexibility index (Phi) is 3.36. The summed E-state index contributed by atoms with van der Waals surface area (Å²) >= 11 is 0. The molecule has 0 saturated heterocycles. The van der Waals surface area contributed by atoms with Crippen molar-refractivity contribution in [2.75, 3.05) is 12.4 Å². The van der Waals surface area contributed by atoms with Crippen molar-refractivity contribution in [1.29, 1.82) is 0 Å². The minimum atomic E-state index is 0.742. The molecule has 0 amide bonds. The Balaban J connectivity index is 1.78. The summed E-state index contributed by atoms with van der Waals surface area (Å²) in [5.41, 5.74) is 2.76. The van der Waals surface area contributed by atoms with Crippen LogP contribution in [0, 0.1) is 0 Å². The number of rotatable bonds is 5. The summed E-state index contributed by atoms with van der Waals surface area (Å²) in [6.07, 6.45) is 4.42. The van der Waals surface area contributed by atoms with Crippen molar-refractivity contribution in [3.05, 3.63) is 53.7 Å². The van der Waals surface area contributed by atoms with E-state index >= 15 is 0 Å². The number of nitrogens with zero attached hydrogens (tertiary/aromatic N) is 1. The molecule has 1 aromatic heterocycles. The van der Waals surface area contributed by atoms with E-state index < -0.39 is 0 Å². The van der Waals surface area contributed by atoms with Gasteiger partial charge < -0.3 is 10.1 Å².